The van der Waals surface area contributed by atoms with Crippen molar-refractivity contribution in [2.45, 2.75) is 27.4 Å². The first-order valence-electron chi connectivity index (χ1n) is 14.9. The van der Waals surface area contributed by atoms with Crippen LogP contribution in [0.5, 0.6) is 5.75 Å². The monoisotopic (exact) mass is 669 g/mol. The molecule has 48 heavy (non-hydrogen) atoms. The molecule has 0 aliphatic heterocycles. The normalized spacial score (nSPS) is 11.3. The van der Waals surface area contributed by atoms with E-state index in [0.29, 0.717) is 28.7 Å². The summed E-state index contributed by atoms with van der Waals surface area (Å²) < 4.78 is 49.0. The molecule has 11 heteroatoms. The van der Waals surface area contributed by atoms with Gasteiger partial charge in [0.2, 0.25) is 11.0 Å². The molecule has 0 fully saturated rings. The van der Waals surface area contributed by atoms with E-state index < -0.39 is 22.4 Å². The van der Waals surface area contributed by atoms with Crippen LogP contribution in [0, 0.1) is 13.8 Å². The number of nitrogens with zero attached hydrogens (tertiary/aromatic N) is 1. The molecule has 0 saturated heterocycles. The highest BCUT2D eigenvalue weighted by Crippen LogP contribution is 2.40. The predicted octanol–water partition coefficient (Wildman–Crippen LogP) is 7.12. The molecule has 0 amide bonds. The first-order chi connectivity index (χ1) is 22.8. The van der Waals surface area contributed by atoms with Crippen molar-refractivity contribution in [1.29, 1.82) is 0 Å². The number of carbonyl (C=O) groups is 2. The van der Waals surface area contributed by atoms with Gasteiger partial charge < -0.3 is 19.1 Å². The lowest BCUT2D eigenvalue weighted by atomic mass is 9.88. The Kier molecular flexibility index (Phi) is 9.74. The molecule has 0 radical (unpaired) electrons. The molecule has 0 aliphatic rings. The molecular weight excluding hydrogens is 637 g/mol. The minimum atomic E-state index is -5.42. The molecule has 0 spiro atoms. The maximum absolute atomic E-state index is 13.1. The van der Waals surface area contributed by atoms with E-state index in [1.54, 1.807) is 0 Å². The molecule has 6 rings (SSSR count). The Hall–Kier alpha value is -5.39. The number of esters is 1. The molecule has 5 aromatic carbocycles. The maximum atomic E-state index is 13.1. The number of carboxylic acid groups (broad SMARTS) is 1. The van der Waals surface area contributed by atoms with Crippen molar-refractivity contribution in [3.8, 4) is 16.9 Å². The summed E-state index contributed by atoms with van der Waals surface area (Å²) in [5.41, 5.74) is 6.40. The molecule has 246 valence electrons. The maximum Gasteiger partial charge on any atom is 0.338 e. The number of rotatable bonds is 7. The summed E-state index contributed by atoms with van der Waals surface area (Å²) in [6.45, 7) is 6.43. The summed E-state index contributed by atoms with van der Waals surface area (Å²) in [5.74, 6) is -0.778. The average molecular weight is 670 g/mol. The molecule has 0 bridgehead atoms. The van der Waals surface area contributed by atoms with Crippen LogP contribution in [0.15, 0.2) is 91.0 Å². The van der Waals surface area contributed by atoms with Gasteiger partial charge in [-0.2, -0.15) is 4.57 Å². The second-order valence-corrected chi connectivity index (χ2v) is 12.0. The van der Waals surface area contributed by atoms with Gasteiger partial charge in [0.1, 0.15) is 19.4 Å². The molecule has 6 aromatic rings. The van der Waals surface area contributed by atoms with Gasteiger partial charge in [-0.1, -0.05) is 54.6 Å². The Morgan fingerprint density at radius 1 is 0.875 bits per heavy atom. The topological polar surface area (TPSA) is 134 Å². The van der Waals surface area contributed by atoms with E-state index in [1.165, 1.54) is 0 Å². The van der Waals surface area contributed by atoms with Crippen molar-refractivity contribution in [2.75, 3.05) is 6.61 Å². The van der Waals surface area contributed by atoms with Crippen LogP contribution >= 0.6 is 0 Å². The van der Waals surface area contributed by atoms with E-state index in [0.717, 1.165) is 49.6 Å². The lowest BCUT2D eigenvalue weighted by Crippen LogP contribution is -2.31. The lowest BCUT2D eigenvalue weighted by Gasteiger charge is -2.18. The predicted molar refractivity (Wildman–Crippen MR) is 180 cm³/mol. The minimum Gasteiger partial charge on any atom is -0.722 e. The second-order valence-electron chi connectivity index (χ2n) is 11.2. The quantitative estimate of drug-likeness (QED) is 0.0624. The molecular formula is C37H32FNO8S. The van der Waals surface area contributed by atoms with Crippen molar-refractivity contribution in [2.24, 2.45) is 7.05 Å². The van der Waals surface area contributed by atoms with Crippen LogP contribution in [0.25, 0.3) is 43.7 Å². The standard InChI is InChI=1S/C37H31NO5.FHO3S/c1-5-42-28-19-30(33-22(2)15-27(16-23(33)3)37(41)43-21-24-11-7-6-8-12-24)34-32(20-28)38(4)31-18-26-14-10-9-13-25(26)17-29(31)35(34)36(39)40;1-5(2,3)4/h6-20H,5,21H2,1-4H3;(H,2,3,4). The Bertz CT molecular complexity index is 2290. The third-order valence-corrected chi connectivity index (χ3v) is 7.97. The molecule has 0 aliphatic carbocycles. The highest BCUT2D eigenvalue weighted by molar-refractivity contribution is 7.80. The number of pyridine rings is 1. The fraction of sp³-hybridized carbons (Fsp3) is 0.162. The smallest absolute Gasteiger partial charge is 0.338 e. The van der Waals surface area contributed by atoms with Gasteiger partial charge in [0, 0.05) is 11.6 Å². The van der Waals surface area contributed by atoms with E-state index >= 15 is 0 Å². The molecule has 1 aromatic heterocycles. The van der Waals surface area contributed by atoms with Gasteiger partial charge in [0.05, 0.1) is 34.6 Å². The molecule has 0 saturated carbocycles. The largest absolute Gasteiger partial charge is 0.722 e. The third kappa shape index (κ3) is 7.27. The summed E-state index contributed by atoms with van der Waals surface area (Å²) in [6, 6.07) is 28.9. The number of carbonyl (C=O) groups excluding carboxylic acids is 1. The van der Waals surface area contributed by atoms with E-state index in [9.17, 15) is 18.6 Å². The number of aromatic carboxylic acids is 1. The first kappa shape index (κ1) is 34.0. The van der Waals surface area contributed by atoms with Gasteiger partial charge in [-0.05, 0) is 78.1 Å². The van der Waals surface area contributed by atoms with Crippen molar-refractivity contribution in [3.05, 3.63) is 119 Å². The SMILES string of the molecule is CCOc1cc(-c2c(C)cc(C(=O)OCc3ccccc3)cc2C)c2c(C(=O)O)c3cc4ccccc4cc3[n+](C)c2c1.O=S(=O)([O-])F. The molecule has 1 heterocycles. The molecule has 9 nitrogen and oxygen atoms in total. The van der Waals surface area contributed by atoms with Crippen molar-refractivity contribution in [3.63, 3.8) is 0 Å². The summed E-state index contributed by atoms with van der Waals surface area (Å²) in [4.78, 5) is 26.1. The molecule has 1 N–H and O–H groups in total. The van der Waals surface area contributed by atoms with Crippen LogP contribution in [0.3, 0.4) is 0 Å². The summed E-state index contributed by atoms with van der Waals surface area (Å²) in [7, 11) is -3.46. The summed E-state index contributed by atoms with van der Waals surface area (Å²) in [6.07, 6.45) is 0. The number of benzene rings is 5. The average Bonchev–Trinajstić information content (AvgIpc) is 3.02. The highest BCUT2D eigenvalue weighted by atomic mass is 32.3. The van der Waals surface area contributed by atoms with Gasteiger partial charge >= 0.3 is 11.9 Å². The zero-order valence-electron chi connectivity index (χ0n) is 26.6. The number of carboxylic acids is 1. The van der Waals surface area contributed by atoms with Crippen LogP contribution in [0.1, 0.15) is 44.3 Å². The second kappa shape index (κ2) is 13.8. The number of aryl methyl sites for hydroxylation is 3. The minimum absolute atomic E-state index is 0.181. The third-order valence-electron chi connectivity index (χ3n) is 7.97. The zero-order valence-corrected chi connectivity index (χ0v) is 27.4. The van der Waals surface area contributed by atoms with Crippen LogP contribution in [-0.2, 0) is 28.9 Å². The number of hydrogen-bond acceptors (Lipinski definition) is 7. The number of hydrogen-bond donors (Lipinski definition) is 1. The number of halogens is 1. The zero-order chi connectivity index (χ0) is 34.7. The Morgan fingerprint density at radius 2 is 1.46 bits per heavy atom. The van der Waals surface area contributed by atoms with Gasteiger partial charge in [0.15, 0.2) is 0 Å². The van der Waals surface area contributed by atoms with Gasteiger partial charge in [-0.3, -0.25) is 0 Å². The lowest BCUT2D eigenvalue weighted by molar-refractivity contribution is -0.617. The van der Waals surface area contributed by atoms with Crippen LogP contribution in [0.4, 0.5) is 3.89 Å². The summed E-state index contributed by atoms with van der Waals surface area (Å²) in [5, 5.41) is 14.0. The fourth-order valence-electron chi connectivity index (χ4n) is 6.08. The van der Waals surface area contributed by atoms with Crippen LogP contribution in [0.2, 0.25) is 0 Å². The fourth-order valence-corrected chi connectivity index (χ4v) is 6.08. The van der Waals surface area contributed by atoms with Gasteiger partial charge in [-0.15, -0.1) is 3.89 Å². The molecule has 0 atom stereocenters. The number of fused-ring (bicyclic) bond motifs is 3. The van der Waals surface area contributed by atoms with Crippen molar-refractivity contribution < 1.29 is 45.6 Å². The van der Waals surface area contributed by atoms with E-state index in [4.69, 9.17) is 22.4 Å². The van der Waals surface area contributed by atoms with E-state index in [2.05, 4.69) is 0 Å². The van der Waals surface area contributed by atoms with Crippen molar-refractivity contribution in [1.82, 2.24) is 0 Å². The van der Waals surface area contributed by atoms with Crippen LogP contribution in [-0.4, -0.2) is 36.6 Å². The Labute approximate surface area is 276 Å². The van der Waals surface area contributed by atoms with Crippen molar-refractivity contribution >= 4 is 55.0 Å². The van der Waals surface area contributed by atoms with E-state index in [-0.39, 0.29) is 12.2 Å². The number of ether oxygens (including phenoxy) is 2. The van der Waals surface area contributed by atoms with Gasteiger partial charge in [0.25, 0.3) is 10.5 Å². The van der Waals surface area contributed by atoms with Gasteiger partial charge in [-0.25, -0.2) is 18.0 Å². The first-order valence-corrected chi connectivity index (χ1v) is 16.2. The number of aromatic nitrogens is 1. The molecule has 0 unspecified atom stereocenters. The Balaban J connectivity index is 0.000000840. The van der Waals surface area contributed by atoms with E-state index in [1.807, 2.05) is 123 Å². The van der Waals surface area contributed by atoms with Crippen LogP contribution < -0.4 is 9.30 Å². The highest BCUT2D eigenvalue weighted by Gasteiger charge is 2.28. The Morgan fingerprint density at radius 3 is 2.04 bits per heavy atom. The summed E-state index contributed by atoms with van der Waals surface area (Å²) >= 11 is 0.